The molecule has 0 amide bonds. The molecule has 0 aromatic heterocycles. The van der Waals surface area contributed by atoms with Gasteiger partial charge >= 0.3 is 0 Å². The molecule has 18 heavy (non-hydrogen) atoms. The van der Waals surface area contributed by atoms with Crippen LogP contribution in [0.2, 0.25) is 0 Å². The molecule has 0 heterocycles. The Kier molecular flexibility index (Phi) is 5.55. The third-order valence-corrected chi connectivity index (χ3v) is 3.38. The highest BCUT2D eigenvalue weighted by Gasteiger charge is 2.14. The lowest BCUT2D eigenvalue weighted by Crippen LogP contribution is -2.38. The van der Waals surface area contributed by atoms with E-state index in [2.05, 4.69) is 21.1 Å². The molecular weight excluding hydrogens is 301 g/mol. The third kappa shape index (κ3) is 4.27. The number of nitrogens with two attached hydrogens (primary N) is 1. The van der Waals surface area contributed by atoms with Crippen molar-refractivity contribution in [3.63, 3.8) is 0 Å². The van der Waals surface area contributed by atoms with Gasteiger partial charge in [0.15, 0.2) is 5.84 Å². The van der Waals surface area contributed by atoms with Gasteiger partial charge in [-0.15, -0.1) is 0 Å². The fraction of sp³-hybridized carbons (Fsp3) is 0.417. The normalized spacial score (nSPS) is 12.4. The zero-order valence-corrected chi connectivity index (χ0v) is 12.0. The fourth-order valence-corrected chi connectivity index (χ4v) is 1.92. The quantitative estimate of drug-likeness (QED) is 0.380. The van der Waals surface area contributed by atoms with E-state index in [0.29, 0.717) is 13.1 Å². The first-order valence-electron chi connectivity index (χ1n) is 5.58. The number of hydrogen-bond acceptors (Lipinski definition) is 3. The second kappa shape index (κ2) is 6.70. The average molecular weight is 318 g/mol. The average Bonchev–Trinajstić information content (AvgIpc) is 2.32. The van der Waals surface area contributed by atoms with Gasteiger partial charge in [-0.3, -0.25) is 4.90 Å². The maximum absolute atomic E-state index is 13.2. The topological polar surface area (TPSA) is 61.8 Å². The lowest BCUT2D eigenvalue weighted by Gasteiger charge is -2.26. The lowest BCUT2D eigenvalue weighted by atomic mass is 10.2. The van der Waals surface area contributed by atoms with Crippen LogP contribution >= 0.6 is 15.9 Å². The van der Waals surface area contributed by atoms with Gasteiger partial charge in [0.25, 0.3) is 0 Å². The summed E-state index contributed by atoms with van der Waals surface area (Å²) in [6.45, 7) is 4.85. The van der Waals surface area contributed by atoms with Crippen LogP contribution in [0.25, 0.3) is 0 Å². The van der Waals surface area contributed by atoms with Gasteiger partial charge in [-0.25, -0.2) is 4.39 Å². The Hall–Kier alpha value is -1.14. The van der Waals surface area contributed by atoms with Crippen molar-refractivity contribution < 1.29 is 9.60 Å². The van der Waals surface area contributed by atoms with Gasteiger partial charge in [-0.1, -0.05) is 21.1 Å². The first kappa shape index (κ1) is 14.9. The van der Waals surface area contributed by atoms with E-state index in [1.54, 1.807) is 6.07 Å². The van der Waals surface area contributed by atoms with Gasteiger partial charge < -0.3 is 10.9 Å². The zero-order valence-electron chi connectivity index (χ0n) is 10.4. The molecule has 0 aliphatic heterocycles. The highest BCUT2D eigenvalue weighted by atomic mass is 79.9. The SMILES string of the molecule is CC(C)N(CC(N)=NO)Cc1cc(F)ccc1Br. The van der Waals surface area contributed by atoms with Crippen LogP contribution in [-0.4, -0.2) is 28.5 Å². The summed E-state index contributed by atoms with van der Waals surface area (Å²) < 4.78 is 14.0. The van der Waals surface area contributed by atoms with E-state index in [0.717, 1.165) is 10.0 Å². The number of amidine groups is 1. The van der Waals surface area contributed by atoms with Crippen LogP contribution in [-0.2, 0) is 6.54 Å². The van der Waals surface area contributed by atoms with Crippen molar-refractivity contribution in [2.24, 2.45) is 10.9 Å². The fourth-order valence-electron chi connectivity index (χ4n) is 1.54. The number of oxime groups is 1. The predicted molar refractivity (Wildman–Crippen MR) is 73.1 cm³/mol. The van der Waals surface area contributed by atoms with Gasteiger partial charge in [0.1, 0.15) is 5.82 Å². The van der Waals surface area contributed by atoms with Crippen molar-refractivity contribution in [3.05, 3.63) is 34.1 Å². The summed E-state index contributed by atoms with van der Waals surface area (Å²) in [6, 6.07) is 4.75. The van der Waals surface area contributed by atoms with Crippen LogP contribution in [0.5, 0.6) is 0 Å². The van der Waals surface area contributed by atoms with Gasteiger partial charge in [0.05, 0.1) is 6.54 Å². The maximum Gasteiger partial charge on any atom is 0.153 e. The number of benzene rings is 1. The second-order valence-corrected chi connectivity index (χ2v) is 5.18. The smallest absolute Gasteiger partial charge is 0.153 e. The lowest BCUT2D eigenvalue weighted by molar-refractivity contribution is 0.238. The Morgan fingerprint density at radius 2 is 2.22 bits per heavy atom. The Morgan fingerprint density at radius 1 is 1.56 bits per heavy atom. The minimum atomic E-state index is -0.277. The summed E-state index contributed by atoms with van der Waals surface area (Å²) in [5.41, 5.74) is 6.33. The molecule has 0 bridgehead atoms. The highest BCUT2D eigenvalue weighted by Crippen LogP contribution is 2.20. The van der Waals surface area contributed by atoms with Crippen LogP contribution in [0.15, 0.2) is 27.8 Å². The van der Waals surface area contributed by atoms with E-state index in [1.165, 1.54) is 12.1 Å². The first-order chi connectivity index (χ1) is 8.43. The molecule has 0 atom stereocenters. The maximum atomic E-state index is 13.2. The Morgan fingerprint density at radius 3 is 2.78 bits per heavy atom. The van der Waals surface area contributed by atoms with Crippen molar-refractivity contribution in [1.82, 2.24) is 4.90 Å². The van der Waals surface area contributed by atoms with E-state index in [1.807, 2.05) is 18.7 Å². The summed E-state index contributed by atoms with van der Waals surface area (Å²) in [7, 11) is 0. The van der Waals surface area contributed by atoms with Gasteiger partial charge in [-0.2, -0.15) is 0 Å². The van der Waals surface area contributed by atoms with E-state index < -0.39 is 0 Å². The minimum absolute atomic E-state index is 0.135. The molecule has 3 N–H and O–H groups in total. The molecule has 0 spiro atoms. The van der Waals surface area contributed by atoms with E-state index in [-0.39, 0.29) is 17.7 Å². The second-order valence-electron chi connectivity index (χ2n) is 4.33. The van der Waals surface area contributed by atoms with Gasteiger partial charge in [-0.05, 0) is 37.6 Å². The standard InChI is InChI=1S/C12H17BrFN3O/c1-8(2)17(7-12(15)16-18)6-9-5-10(14)3-4-11(9)13/h3-5,8,18H,6-7H2,1-2H3,(H2,15,16). The number of rotatable bonds is 5. The summed E-state index contributed by atoms with van der Waals surface area (Å²) in [4.78, 5) is 1.98. The number of nitrogens with zero attached hydrogens (tertiary/aromatic N) is 2. The largest absolute Gasteiger partial charge is 0.409 e. The molecule has 0 fully saturated rings. The minimum Gasteiger partial charge on any atom is -0.409 e. The molecule has 1 aromatic carbocycles. The van der Waals surface area contributed by atoms with Gasteiger partial charge in [0.2, 0.25) is 0 Å². The van der Waals surface area contributed by atoms with Crippen molar-refractivity contribution >= 4 is 21.8 Å². The third-order valence-electron chi connectivity index (χ3n) is 2.61. The van der Waals surface area contributed by atoms with Crippen molar-refractivity contribution in [1.29, 1.82) is 0 Å². The molecule has 1 aromatic rings. The van der Waals surface area contributed by atoms with Crippen LogP contribution in [0.1, 0.15) is 19.4 Å². The zero-order chi connectivity index (χ0) is 13.7. The Labute approximate surface area is 114 Å². The van der Waals surface area contributed by atoms with Crippen LogP contribution in [0, 0.1) is 5.82 Å². The summed E-state index contributed by atoms with van der Waals surface area (Å²) in [6.07, 6.45) is 0. The summed E-state index contributed by atoms with van der Waals surface area (Å²) >= 11 is 3.39. The van der Waals surface area contributed by atoms with Crippen LogP contribution < -0.4 is 5.73 Å². The molecule has 0 radical (unpaired) electrons. The van der Waals surface area contributed by atoms with Crippen molar-refractivity contribution in [2.45, 2.75) is 26.4 Å². The molecule has 1 rings (SSSR count). The molecule has 0 aliphatic carbocycles. The van der Waals surface area contributed by atoms with Crippen LogP contribution in [0.4, 0.5) is 4.39 Å². The number of hydrogen-bond donors (Lipinski definition) is 2. The van der Waals surface area contributed by atoms with Crippen molar-refractivity contribution in [3.8, 4) is 0 Å². The Balaban J connectivity index is 2.86. The highest BCUT2D eigenvalue weighted by molar-refractivity contribution is 9.10. The molecular formula is C12H17BrFN3O. The van der Waals surface area contributed by atoms with E-state index in [9.17, 15) is 4.39 Å². The first-order valence-corrected chi connectivity index (χ1v) is 6.37. The van der Waals surface area contributed by atoms with Crippen molar-refractivity contribution in [2.75, 3.05) is 6.54 Å². The molecule has 6 heteroatoms. The number of halogens is 2. The Bertz CT molecular complexity index is 437. The molecule has 4 nitrogen and oxygen atoms in total. The summed E-state index contributed by atoms with van der Waals surface area (Å²) in [5, 5.41) is 11.6. The molecule has 0 unspecified atom stereocenters. The van der Waals surface area contributed by atoms with Gasteiger partial charge in [0, 0.05) is 17.1 Å². The van der Waals surface area contributed by atoms with E-state index >= 15 is 0 Å². The molecule has 0 saturated heterocycles. The summed E-state index contributed by atoms with van der Waals surface area (Å²) in [5.74, 6) is -0.142. The van der Waals surface area contributed by atoms with E-state index in [4.69, 9.17) is 10.9 Å². The van der Waals surface area contributed by atoms with Crippen LogP contribution in [0.3, 0.4) is 0 Å². The molecule has 100 valence electrons. The predicted octanol–water partition coefficient (Wildman–Crippen LogP) is 2.55. The molecule has 0 saturated carbocycles. The monoisotopic (exact) mass is 317 g/mol. The molecule has 0 aliphatic rings.